The van der Waals surface area contributed by atoms with E-state index in [-0.39, 0.29) is 5.92 Å². The first-order valence-corrected chi connectivity index (χ1v) is 3.22. The minimum Gasteiger partial charge on any atom is -0.481 e. The molecule has 2 fully saturated rings. The lowest BCUT2D eigenvalue weighted by Gasteiger charge is -1.78. The summed E-state index contributed by atoms with van der Waals surface area (Å²) in [6.45, 7) is 0. The summed E-state index contributed by atoms with van der Waals surface area (Å²) in [5.41, 5.74) is 2.64. The van der Waals surface area contributed by atoms with Crippen LogP contribution in [0.25, 0.3) is 0 Å². The number of carbonyl (C=O) groups is 1. The molecule has 0 heterocycles. The van der Waals surface area contributed by atoms with Gasteiger partial charge in [0, 0.05) is 0 Å². The van der Waals surface area contributed by atoms with Crippen LogP contribution in [0.3, 0.4) is 0 Å². The van der Waals surface area contributed by atoms with Gasteiger partial charge in [0.25, 0.3) is 0 Å². The molecule has 0 aliphatic heterocycles. The minimum atomic E-state index is -0.635. The SMILES string of the molecule is O=C(O)[C@@H]1CC1=C1CC1. The molecule has 0 saturated heterocycles. The van der Waals surface area contributed by atoms with E-state index in [0.717, 1.165) is 6.42 Å². The number of hydrogen-bond acceptors (Lipinski definition) is 1. The van der Waals surface area contributed by atoms with Gasteiger partial charge in [-0.2, -0.15) is 0 Å². The summed E-state index contributed by atoms with van der Waals surface area (Å²) in [5, 5.41) is 8.47. The van der Waals surface area contributed by atoms with Gasteiger partial charge in [-0.15, -0.1) is 0 Å². The summed E-state index contributed by atoms with van der Waals surface area (Å²) in [5.74, 6) is -0.716. The molecule has 2 nitrogen and oxygen atoms in total. The predicted molar refractivity (Wildman–Crippen MR) is 32.0 cm³/mol. The Hall–Kier alpha value is -0.790. The molecule has 0 amide bonds. The monoisotopic (exact) mass is 124 g/mol. The molecule has 2 saturated carbocycles. The average molecular weight is 124 g/mol. The van der Waals surface area contributed by atoms with Crippen molar-refractivity contribution in [2.45, 2.75) is 19.3 Å². The molecule has 0 aromatic heterocycles. The van der Waals surface area contributed by atoms with Gasteiger partial charge in [-0.05, 0) is 19.3 Å². The number of rotatable bonds is 1. The number of carboxylic acids is 1. The Kier molecular flexibility index (Phi) is 0.770. The summed E-state index contributed by atoms with van der Waals surface area (Å²) in [6, 6.07) is 0. The molecule has 2 rings (SSSR count). The quantitative estimate of drug-likeness (QED) is 0.533. The zero-order valence-electron chi connectivity index (χ0n) is 5.05. The highest BCUT2D eigenvalue weighted by molar-refractivity contribution is 5.80. The number of hydrogen-bond donors (Lipinski definition) is 1. The molecule has 2 aliphatic carbocycles. The molecule has 0 radical (unpaired) electrons. The van der Waals surface area contributed by atoms with Gasteiger partial charge in [-0.1, -0.05) is 11.1 Å². The highest BCUT2D eigenvalue weighted by atomic mass is 16.4. The first kappa shape index (κ1) is 5.03. The van der Waals surface area contributed by atoms with E-state index in [9.17, 15) is 4.79 Å². The topological polar surface area (TPSA) is 37.3 Å². The summed E-state index contributed by atoms with van der Waals surface area (Å²) >= 11 is 0. The van der Waals surface area contributed by atoms with Gasteiger partial charge in [-0.25, -0.2) is 0 Å². The van der Waals surface area contributed by atoms with Crippen molar-refractivity contribution in [3.05, 3.63) is 11.1 Å². The van der Waals surface area contributed by atoms with Gasteiger partial charge in [0.2, 0.25) is 0 Å². The van der Waals surface area contributed by atoms with Crippen LogP contribution in [0.5, 0.6) is 0 Å². The van der Waals surface area contributed by atoms with Crippen molar-refractivity contribution < 1.29 is 9.90 Å². The van der Waals surface area contributed by atoms with Crippen LogP contribution >= 0.6 is 0 Å². The average Bonchev–Trinajstić information content (AvgIpc) is 2.60. The molecule has 0 aromatic carbocycles. The Morgan fingerprint density at radius 3 is 2.56 bits per heavy atom. The van der Waals surface area contributed by atoms with Crippen molar-refractivity contribution in [1.82, 2.24) is 0 Å². The van der Waals surface area contributed by atoms with Gasteiger partial charge >= 0.3 is 5.97 Å². The van der Waals surface area contributed by atoms with Gasteiger partial charge in [0.15, 0.2) is 0 Å². The maximum absolute atomic E-state index is 10.3. The molecule has 2 heteroatoms. The normalized spacial score (nSPS) is 30.4. The molecule has 48 valence electrons. The fourth-order valence-electron chi connectivity index (χ4n) is 1.17. The van der Waals surface area contributed by atoms with Crippen molar-refractivity contribution in [1.29, 1.82) is 0 Å². The number of allylic oxidation sites excluding steroid dienone is 1. The molecule has 9 heavy (non-hydrogen) atoms. The van der Waals surface area contributed by atoms with Gasteiger partial charge in [0.05, 0.1) is 5.92 Å². The second-order valence-electron chi connectivity index (χ2n) is 2.72. The van der Waals surface area contributed by atoms with E-state index in [1.165, 1.54) is 24.0 Å². The van der Waals surface area contributed by atoms with Crippen LogP contribution in [0.2, 0.25) is 0 Å². The van der Waals surface area contributed by atoms with Crippen LogP contribution < -0.4 is 0 Å². The van der Waals surface area contributed by atoms with E-state index < -0.39 is 5.97 Å². The van der Waals surface area contributed by atoms with Crippen molar-refractivity contribution in [2.75, 3.05) is 0 Å². The minimum absolute atomic E-state index is 0.0810. The smallest absolute Gasteiger partial charge is 0.310 e. The maximum atomic E-state index is 10.3. The molecule has 0 aromatic rings. The molecule has 1 N–H and O–H groups in total. The lowest BCUT2D eigenvalue weighted by molar-refractivity contribution is -0.138. The lowest BCUT2D eigenvalue weighted by atomic mass is 10.4. The highest BCUT2D eigenvalue weighted by Gasteiger charge is 2.41. The summed E-state index contributed by atoms with van der Waals surface area (Å²) in [7, 11) is 0. The Balaban J connectivity index is 2.10. The molecule has 2 aliphatic rings. The second kappa shape index (κ2) is 1.38. The maximum Gasteiger partial charge on any atom is 0.310 e. The van der Waals surface area contributed by atoms with Crippen LogP contribution in [-0.4, -0.2) is 11.1 Å². The molecule has 0 bridgehead atoms. The van der Waals surface area contributed by atoms with Crippen molar-refractivity contribution in [2.24, 2.45) is 5.92 Å². The summed E-state index contributed by atoms with van der Waals surface area (Å²) in [6.07, 6.45) is 3.17. The Morgan fingerprint density at radius 2 is 2.22 bits per heavy atom. The zero-order valence-corrected chi connectivity index (χ0v) is 5.05. The molecular weight excluding hydrogens is 116 g/mol. The second-order valence-corrected chi connectivity index (χ2v) is 2.72. The van der Waals surface area contributed by atoms with Gasteiger partial charge in [0.1, 0.15) is 0 Å². The lowest BCUT2D eigenvalue weighted by Crippen LogP contribution is -1.95. The van der Waals surface area contributed by atoms with Gasteiger partial charge in [-0.3, -0.25) is 4.79 Å². The molecule has 0 unspecified atom stereocenters. The Labute approximate surface area is 53.2 Å². The third-order valence-electron chi connectivity index (χ3n) is 1.94. The number of aliphatic carboxylic acids is 1. The Morgan fingerprint density at radius 1 is 1.56 bits per heavy atom. The molecule has 0 spiro atoms. The van der Waals surface area contributed by atoms with Gasteiger partial charge < -0.3 is 5.11 Å². The fraction of sp³-hybridized carbons (Fsp3) is 0.571. The van der Waals surface area contributed by atoms with Crippen molar-refractivity contribution in [3.8, 4) is 0 Å². The van der Waals surface area contributed by atoms with E-state index >= 15 is 0 Å². The van der Waals surface area contributed by atoms with Crippen LogP contribution in [0, 0.1) is 5.92 Å². The van der Waals surface area contributed by atoms with Crippen molar-refractivity contribution >= 4 is 5.97 Å². The first-order chi connectivity index (χ1) is 4.29. The van der Waals surface area contributed by atoms with Crippen LogP contribution in [0.15, 0.2) is 11.1 Å². The van der Waals surface area contributed by atoms with E-state index in [1.54, 1.807) is 0 Å². The fourth-order valence-corrected chi connectivity index (χ4v) is 1.17. The highest BCUT2D eigenvalue weighted by Crippen LogP contribution is 2.48. The van der Waals surface area contributed by atoms with E-state index in [4.69, 9.17) is 5.11 Å². The Bertz CT molecular complexity index is 197. The van der Waals surface area contributed by atoms with Crippen LogP contribution in [0.1, 0.15) is 19.3 Å². The van der Waals surface area contributed by atoms with E-state index in [0.29, 0.717) is 0 Å². The van der Waals surface area contributed by atoms with Crippen LogP contribution in [-0.2, 0) is 4.79 Å². The van der Waals surface area contributed by atoms with Crippen molar-refractivity contribution in [3.63, 3.8) is 0 Å². The molecule has 1 atom stereocenters. The zero-order chi connectivity index (χ0) is 6.43. The first-order valence-electron chi connectivity index (χ1n) is 3.22. The standard InChI is InChI=1S/C7H8O2/c8-7(9)6-3-5(6)4-1-2-4/h6H,1-3H2,(H,8,9)/t6-/m1/s1. The third kappa shape index (κ3) is 0.745. The predicted octanol–water partition coefficient (Wildman–Crippen LogP) is 1.18. The van der Waals surface area contributed by atoms with Crippen LogP contribution in [0.4, 0.5) is 0 Å². The van der Waals surface area contributed by atoms with E-state index in [1.807, 2.05) is 0 Å². The largest absolute Gasteiger partial charge is 0.481 e. The van der Waals surface area contributed by atoms with E-state index in [2.05, 4.69) is 0 Å². The molecular formula is C7H8O2. The summed E-state index contributed by atoms with van der Waals surface area (Å²) < 4.78 is 0. The summed E-state index contributed by atoms with van der Waals surface area (Å²) in [4.78, 5) is 10.3. The number of carboxylic acid groups (broad SMARTS) is 1. The third-order valence-corrected chi connectivity index (χ3v) is 1.94.